The van der Waals surface area contributed by atoms with E-state index in [1.807, 2.05) is 0 Å². The summed E-state index contributed by atoms with van der Waals surface area (Å²) < 4.78 is 6.03. The number of aliphatic hydroxyl groups is 4. The number of hydrogen-bond acceptors (Lipinski definition) is 7. The number of nitrogens with one attached hydrogen (secondary N) is 1. The molecule has 4 saturated carbocycles. The Bertz CT molecular complexity index is 1280. The topological polar surface area (TPSA) is 157 Å². The van der Waals surface area contributed by atoms with Gasteiger partial charge < -0.3 is 35.6 Å². The normalized spacial score (nSPS) is 50.8. The van der Waals surface area contributed by atoms with Crippen LogP contribution in [0.2, 0.25) is 0 Å². The molecule has 9 nitrogen and oxygen atoms in total. The minimum absolute atomic E-state index is 0.00307. The van der Waals surface area contributed by atoms with Crippen LogP contribution in [0.5, 0.6) is 0 Å². The van der Waals surface area contributed by atoms with Crippen LogP contribution >= 0.6 is 0 Å². The van der Waals surface area contributed by atoms with Gasteiger partial charge in [0.05, 0.1) is 11.5 Å². The lowest BCUT2D eigenvalue weighted by atomic mass is 9.33. The summed E-state index contributed by atoms with van der Waals surface area (Å²) in [5, 5.41) is 57.2. The number of carbonyl (C=O) groups excluding carboxylic acids is 1. The first-order valence-corrected chi connectivity index (χ1v) is 18.3. The second-order valence-electron chi connectivity index (χ2n) is 18.8. The van der Waals surface area contributed by atoms with Gasteiger partial charge in [-0.3, -0.25) is 9.59 Å². The Balaban J connectivity index is 1.29. The van der Waals surface area contributed by atoms with E-state index in [9.17, 15) is 35.1 Å². The number of rotatable bonds is 6. The summed E-state index contributed by atoms with van der Waals surface area (Å²) in [7, 11) is 0. The largest absolute Gasteiger partial charge is 0.481 e. The van der Waals surface area contributed by atoms with Crippen LogP contribution in [0.3, 0.4) is 0 Å². The fourth-order valence-electron chi connectivity index (χ4n) is 13.1. The van der Waals surface area contributed by atoms with Crippen molar-refractivity contribution in [1.29, 1.82) is 0 Å². The molecule has 47 heavy (non-hydrogen) atoms. The minimum atomic E-state index is -1.50. The monoisotopic (exact) mass is 659 g/mol. The molecule has 6 aliphatic rings. The third-order valence-electron chi connectivity index (χ3n) is 16.1. The molecule has 5 fully saturated rings. The molecular formula is C38H61NO8. The minimum Gasteiger partial charge on any atom is -0.481 e. The van der Waals surface area contributed by atoms with Gasteiger partial charge in [0.1, 0.15) is 30.5 Å². The fraction of sp³-hybridized carbons (Fsp3) is 0.895. The van der Waals surface area contributed by atoms with E-state index in [-0.39, 0.29) is 45.5 Å². The molecule has 1 saturated heterocycles. The highest BCUT2D eigenvalue weighted by Crippen LogP contribution is 2.76. The SMILES string of the molecule is CC1(C)CC[C@]2(C(=O)O)CC[C@]3(C)C(=CCC4[C@@]5(C)CC[C@H]([C@H](O)[C@@H]6OC(CNC=O)[C@@H](O)[C@H](O)C6O)C(C)(C)C5CC[C@]43C)C2C1. The maximum absolute atomic E-state index is 13.0. The second kappa shape index (κ2) is 11.5. The van der Waals surface area contributed by atoms with Crippen molar-refractivity contribution in [2.75, 3.05) is 6.54 Å². The second-order valence-corrected chi connectivity index (χ2v) is 18.8. The van der Waals surface area contributed by atoms with Gasteiger partial charge in [0, 0.05) is 6.54 Å². The maximum Gasteiger partial charge on any atom is 0.310 e. The molecule has 0 aromatic heterocycles. The Morgan fingerprint density at radius 3 is 2.28 bits per heavy atom. The van der Waals surface area contributed by atoms with E-state index in [1.165, 1.54) is 5.57 Å². The van der Waals surface area contributed by atoms with Crippen LogP contribution in [-0.4, -0.2) is 81.1 Å². The van der Waals surface area contributed by atoms with E-state index in [4.69, 9.17) is 4.74 Å². The summed E-state index contributed by atoms with van der Waals surface area (Å²) in [5.41, 5.74) is 0.550. The first-order valence-electron chi connectivity index (χ1n) is 18.3. The number of aliphatic carboxylic acids is 1. The zero-order valence-electron chi connectivity index (χ0n) is 29.7. The van der Waals surface area contributed by atoms with Gasteiger partial charge in [-0.05, 0) is 115 Å². The van der Waals surface area contributed by atoms with Gasteiger partial charge in [-0.25, -0.2) is 0 Å². The lowest BCUT2D eigenvalue weighted by Gasteiger charge is -2.71. The van der Waals surface area contributed by atoms with Crippen molar-refractivity contribution in [2.24, 2.45) is 56.2 Å². The molecule has 0 radical (unpaired) electrons. The van der Waals surface area contributed by atoms with Crippen LogP contribution in [0.4, 0.5) is 0 Å². The molecule has 9 heteroatoms. The van der Waals surface area contributed by atoms with Gasteiger partial charge in [0.15, 0.2) is 0 Å². The zero-order valence-corrected chi connectivity index (χ0v) is 29.7. The number of fused-ring (bicyclic) bond motifs is 7. The molecule has 5 unspecified atom stereocenters. The van der Waals surface area contributed by atoms with E-state index < -0.39 is 48.0 Å². The highest BCUT2D eigenvalue weighted by atomic mass is 16.5. The predicted octanol–water partition coefficient (Wildman–Crippen LogP) is 4.45. The summed E-state index contributed by atoms with van der Waals surface area (Å²) in [6, 6.07) is 0. The summed E-state index contributed by atoms with van der Waals surface area (Å²) >= 11 is 0. The molecule has 0 spiro atoms. The van der Waals surface area contributed by atoms with Crippen molar-refractivity contribution in [1.82, 2.24) is 5.32 Å². The number of hydrogen-bond donors (Lipinski definition) is 6. The smallest absolute Gasteiger partial charge is 0.310 e. The van der Waals surface area contributed by atoms with Crippen LogP contribution in [0.15, 0.2) is 11.6 Å². The Morgan fingerprint density at radius 2 is 1.62 bits per heavy atom. The van der Waals surface area contributed by atoms with Crippen LogP contribution in [-0.2, 0) is 14.3 Å². The van der Waals surface area contributed by atoms with E-state index in [2.05, 4.69) is 59.9 Å². The van der Waals surface area contributed by atoms with Crippen molar-refractivity contribution in [2.45, 2.75) is 149 Å². The highest BCUT2D eigenvalue weighted by Gasteiger charge is 2.70. The van der Waals surface area contributed by atoms with Gasteiger partial charge in [0.2, 0.25) is 6.41 Å². The molecule has 6 rings (SSSR count). The average Bonchev–Trinajstić information content (AvgIpc) is 2.99. The molecule has 1 heterocycles. The zero-order chi connectivity index (χ0) is 34.5. The third kappa shape index (κ3) is 4.94. The molecule has 5 aliphatic carbocycles. The fourth-order valence-corrected chi connectivity index (χ4v) is 13.1. The lowest BCUT2D eigenvalue weighted by molar-refractivity contribution is -0.262. The number of ether oxygens (including phenoxy) is 1. The molecule has 266 valence electrons. The van der Waals surface area contributed by atoms with Crippen LogP contribution in [0.1, 0.15) is 113 Å². The standard InChI is InChI=1S/C38H61NO8/c1-33(2)14-16-38(32(45)46)17-15-36(6)21(23(38)18-33)8-9-26-35(5)12-10-22(34(3,4)25(35)11-13-37(26,36)7)27(41)31-30(44)29(43)28(42)24(47-31)19-39-20-40/h8,20,22-31,41-44H,9-19H2,1-7H3,(H,39,40)(H,45,46)/t22-,23?,24?,25?,26?,27+,28-,29+,30?,31+,35+,36-,37-,38+/m1/s1. The molecule has 14 atom stereocenters. The van der Waals surface area contributed by atoms with E-state index >= 15 is 0 Å². The maximum atomic E-state index is 13.0. The molecule has 0 aromatic carbocycles. The third-order valence-corrected chi connectivity index (χ3v) is 16.1. The van der Waals surface area contributed by atoms with E-state index in [0.717, 1.165) is 64.2 Å². The van der Waals surface area contributed by atoms with Crippen molar-refractivity contribution in [3.8, 4) is 0 Å². The van der Waals surface area contributed by atoms with Crippen LogP contribution < -0.4 is 5.32 Å². The van der Waals surface area contributed by atoms with Crippen molar-refractivity contribution in [3.63, 3.8) is 0 Å². The Morgan fingerprint density at radius 1 is 0.936 bits per heavy atom. The number of aliphatic hydroxyl groups excluding tert-OH is 4. The Hall–Kier alpha value is -1.52. The highest BCUT2D eigenvalue weighted by molar-refractivity contribution is 5.76. The van der Waals surface area contributed by atoms with Crippen molar-refractivity contribution in [3.05, 3.63) is 11.6 Å². The van der Waals surface area contributed by atoms with Gasteiger partial charge in [-0.1, -0.05) is 60.1 Å². The molecule has 6 N–H and O–H groups in total. The Kier molecular flexibility index (Phi) is 8.65. The molecular weight excluding hydrogens is 598 g/mol. The first kappa shape index (κ1) is 35.3. The molecule has 1 amide bonds. The van der Waals surface area contributed by atoms with Crippen LogP contribution in [0, 0.1) is 56.2 Å². The predicted molar refractivity (Wildman–Crippen MR) is 177 cm³/mol. The summed E-state index contributed by atoms with van der Waals surface area (Å²) in [5.74, 6) is -0.00932. The number of allylic oxidation sites excluding steroid dienone is 2. The Labute approximate surface area is 280 Å². The van der Waals surface area contributed by atoms with Crippen molar-refractivity contribution >= 4 is 12.4 Å². The number of carboxylic acids is 1. The first-order chi connectivity index (χ1) is 21.8. The molecule has 0 bridgehead atoms. The lowest BCUT2D eigenvalue weighted by Crippen LogP contribution is -2.67. The molecule has 0 aromatic rings. The summed E-state index contributed by atoms with van der Waals surface area (Å²) in [6.07, 6.45) is 4.50. The quantitative estimate of drug-likeness (QED) is 0.181. The molecule has 1 aliphatic heterocycles. The van der Waals surface area contributed by atoms with E-state index in [0.29, 0.717) is 18.2 Å². The number of carboxylic acid groups (broad SMARTS) is 1. The van der Waals surface area contributed by atoms with Gasteiger partial charge in [0.25, 0.3) is 0 Å². The average molecular weight is 660 g/mol. The van der Waals surface area contributed by atoms with E-state index in [1.54, 1.807) is 0 Å². The van der Waals surface area contributed by atoms with Gasteiger partial charge in [-0.15, -0.1) is 0 Å². The number of carbonyl (C=O) groups is 2. The summed E-state index contributed by atoms with van der Waals surface area (Å²) in [4.78, 5) is 23.9. The van der Waals surface area contributed by atoms with Crippen molar-refractivity contribution < 1.29 is 39.9 Å². The van der Waals surface area contributed by atoms with Gasteiger partial charge >= 0.3 is 5.97 Å². The van der Waals surface area contributed by atoms with Crippen LogP contribution in [0.25, 0.3) is 0 Å². The number of amides is 1. The van der Waals surface area contributed by atoms with Gasteiger partial charge in [-0.2, -0.15) is 0 Å². The summed E-state index contributed by atoms with van der Waals surface area (Å²) in [6.45, 7) is 16.5.